The molecule has 1 aromatic carbocycles. The summed E-state index contributed by atoms with van der Waals surface area (Å²) in [4.78, 5) is 4.18. The van der Waals surface area contributed by atoms with E-state index in [9.17, 15) is 4.39 Å². The number of hydrogen-bond acceptors (Lipinski definition) is 3. The van der Waals surface area contributed by atoms with Crippen molar-refractivity contribution in [3.05, 3.63) is 35.1 Å². The molecule has 1 aliphatic rings. The lowest BCUT2D eigenvalue weighted by atomic mass is 10.1. The highest BCUT2D eigenvalue weighted by Crippen LogP contribution is 2.12. The molecule has 2 N–H and O–H groups in total. The highest BCUT2D eigenvalue weighted by atomic mass is 19.1. The van der Waals surface area contributed by atoms with Crippen molar-refractivity contribution in [1.29, 1.82) is 0 Å². The first-order chi connectivity index (χ1) is 10.7. The summed E-state index contributed by atoms with van der Waals surface area (Å²) in [5.41, 5.74) is 1.54. The number of aliphatic imine (C=N–C) groups is 1. The molecule has 1 aromatic rings. The van der Waals surface area contributed by atoms with Crippen LogP contribution in [0.3, 0.4) is 0 Å². The molecule has 6 heteroatoms. The normalized spacial score (nSPS) is 18.5. The fraction of sp³-hybridized carbons (Fsp3) is 0.562. The summed E-state index contributed by atoms with van der Waals surface area (Å²) < 4.78 is 24.1. The van der Waals surface area contributed by atoms with E-state index < -0.39 is 0 Å². The van der Waals surface area contributed by atoms with Gasteiger partial charge in [-0.05, 0) is 30.5 Å². The van der Waals surface area contributed by atoms with Crippen LogP contribution in [-0.4, -0.2) is 39.4 Å². The number of hydrogen-bond donors (Lipinski definition) is 2. The molecule has 1 atom stereocenters. The molecule has 1 heterocycles. The van der Waals surface area contributed by atoms with Crippen molar-refractivity contribution in [2.45, 2.75) is 32.1 Å². The number of methoxy groups -OCH3 is 1. The Bertz CT molecular complexity index is 502. The minimum Gasteiger partial charge on any atom is -0.380 e. The van der Waals surface area contributed by atoms with Gasteiger partial charge in [-0.1, -0.05) is 6.07 Å². The molecular weight excluding hydrogens is 285 g/mol. The van der Waals surface area contributed by atoms with Crippen LogP contribution in [0.1, 0.15) is 24.0 Å². The summed E-state index contributed by atoms with van der Waals surface area (Å²) in [6.07, 6.45) is 2.47. The number of nitrogens with one attached hydrogen (secondary N) is 2. The number of rotatable bonds is 6. The Morgan fingerprint density at radius 1 is 1.45 bits per heavy atom. The van der Waals surface area contributed by atoms with E-state index in [1.54, 1.807) is 26.3 Å². The SMILES string of the molecule is CN=C(NCc1ccc(F)c(COC)c1)NCC1CCCO1. The van der Waals surface area contributed by atoms with E-state index in [4.69, 9.17) is 9.47 Å². The summed E-state index contributed by atoms with van der Waals surface area (Å²) >= 11 is 0. The molecule has 0 aliphatic carbocycles. The molecule has 1 fully saturated rings. The highest BCUT2D eigenvalue weighted by Gasteiger charge is 2.15. The van der Waals surface area contributed by atoms with Crippen LogP contribution in [0.4, 0.5) is 4.39 Å². The van der Waals surface area contributed by atoms with E-state index in [1.165, 1.54) is 6.07 Å². The van der Waals surface area contributed by atoms with Gasteiger partial charge in [-0.2, -0.15) is 0 Å². The van der Waals surface area contributed by atoms with Crippen molar-refractivity contribution >= 4 is 5.96 Å². The number of guanidine groups is 1. The first kappa shape index (κ1) is 16.7. The van der Waals surface area contributed by atoms with E-state index >= 15 is 0 Å². The number of halogens is 1. The van der Waals surface area contributed by atoms with Gasteiger partial charge < -0.3 is 20.1 Å². The van der Waals surface area contributed by atoms with Gasteiger partial charge in [0.1, 0.15) is 5.82 Å². The average Bonchev–Trinajstić information content (AvgIpc) is 3.04. The quantitative estimate of drug-likeness (QED) is 0.622. The lowest BCUT2D eigenvalue weighted by Gasteiger charge is -2.15. The molecule has 0 aromatic heterocycles. The van der Waals surface area contributed by atoms with Crippen molar-refractivity contribution in [3.63, 3.8) is 0 Å². The van der Waals surface area contributed by atoms with Gasteiger partial charge in [-0.3, -0.25) is 4.99 Å². The Kier molecular flexibility index (Phi) is 6.61. The topological polar surface area (TPSA) is 54.9 Å². The molecule has 22 heavy (non-hydrogen) atoms. The van der Waals surface area contributed by atoms with Crippen LogP contribution in [0.25, 0.3) is 0 Å². The molecule has 0 radical (unpaired) electrons. The van der Waals surface area contributed by atoms with Gasteiger partial charge in [0, 0.05) is 39.4 Å². The number of benzene rings is 1. The summed E-state index contributed by atoms with van der Waals surface area (Å²) in [6.45, 7) is 2.43. The maximum absolute atomic E-state index is 13.6. The second-order valence-electron chi connectivity index (χ2n) is 5.30. The smallest absolute Gasteiger partial charge is 0.191 e. The predicted molar refractivity (Wildman–Crippen MR) is 84.3 cm³/mol. The number of nitrogens with zero attached hydrogens (tertiary/aromatic N) is 1. The first-order valence-electron chi connectivity index (χ1n) is 7.55. The van der Waals surface area contributed by atoms with E-state index in [-0.39, 0.29) is 18.5 Å². The zero-order valence-corrected chi connectivity index (χ0v) is 13.2. The zero-order valence-electron chi connectivity index (χ0n) is 13.2. The second-order valence-corrected chi connectivity index (χ2v) is 5.30. The monoisotopic (exact) mass is 309 g/mol. The van der Waals surface area contributed by atoms with Gasteiger partial charge in [0.15, 0.2) is 5.96 Å². The number of ether oxygens (including phenoxy) is 2. The van der Waals surface area contributed by atoms with Crippen LogP contribution in [-0.2, 0) is 22.6 Å². The molecule has 0 bridgehead atoms. The fourth-order valence-corrected chi connectivity index (χ4v) is 2.43. The maximum atomic E-state index is 13.6. The van der Waals surface area contributed by atoms with Gasteiger partial charge in [-0.15, -0.1) is 0 Å². The Morgan fingerprint density at radius 2 is 2.32 bits per heavy atom. The van der Waals surface area contributed by atoms with Crippen LogP contribution in [0.15, 0.2) is 23.2 Å². The van der Waals surface area contributed by atoms with E-state index in [0.29, 0.717) is 18.1 Å². The van der Waals surface area contributed by atoms with Crippen LogP contribution >= 0.6 is 0 Å². The molecule has 1 aliphatic heterocycles. The third-order valence-electron chi connectivity index (χ3n) is 3.61. The Morgan fingerprint density at radius 3 is 3.00 bits per heavy atom. The van der Waals surface area contributed by atoms with Crippen molar-refractivity contribution in [3.8, 4) is 0 Å². The Balaban J connectivity index is 1.83. The van der Waals surface area contributed by atoms with Crippen molar-refractivity contribution in [2.75, 3.05) is 27.3 Å². The molecule has 1 saturated heterocycles. The minimum absolute atomic E-state index is 0.244. The third kappa shape index (κ3) is 4.96. The molecule has 1 unspecified atom stereocenters. The maximum Gasteiger partial charge on any atom is 0.191 e. The second kappa shape index (κ2) is 8.70. The molecular formula is C16H24FN3O2. The Hall–Kier alpha value is -1.66. The average molecular weight is 309 g/mol. The zero-order chi connectivity index (χ0) is 15.8. The van der Waals surface area contributed by atoms with Gasteiger partial charge in [0.25, 0.3) is 0 Å². The van der Waals surface area contributed by atoms with Crippen LogP contribution in [0.2, 0.25) is 0 Å². The standard InChI is InChI=1S/C16H24FN3O2/c1-18-16(20-10-14-4-3-7-22-14)19-9-12-5-6-15(17)13(8-12)11-21-2/h5-6,8,14H,3-4,7,9-11H2,1-2H3,(H2,18,19,20). The van der Waals surface area contributed by atoms with E-state index in [2.05, 4.69) is 15.6 Å². The predicted octanol–water partition coefficient (Wildman–Crippen LogP) is 1.82. The largest absolute Gasteiger partial charge is 0.380 e. The highest BCUT2D eigenvalue weighted by molar-refractivity contribution is 5.79. The molecule has 0 spiro atoms. The summed E-state index contributed by atoms with van der Waals surface area (Å²) in [7, 11) is 3.28. The van der Waals surface area contributed by atoms with Crippen LogP contribution in [0.5, 0.6) is 0 Å². The summed E-state index contributed by atoms with van der Waals surface area (Å²) in [5.74, 6) is 0.472. The van der Waals surface area contributed by atoms with Crippen LogP contribution in [0, 0.1) is 5.82 Å². The van der Waals surface area contributed by atoms with Crippen molar-refractivity contribution in [2.24, 2.45) is 4.99 Å². The lowest BCUT2D eigenvalue weighted by molar-refractivity contribution is 0.114. The molecule has 122 valence electrons. The third-order valence-corrected chi connectivity index (χ3v) is 3.61. The van der Waals surface area contributed by atoms with Gasteiger partial charge in [-0.25, -0.2) is 4.39 Å². The van der Waals surface area contributed by atoms with Crippen molar-refractivity contribution < 1.29 is 13.9 Å². The van der Waals surface area contributed by atoms with E-state index in [0.717, 1.165) is 31.6 Å². The van der Waals surface area contributed by atoms with Crippen LogP contribution < -0.4 is 10.6 Å². The van der Waals surface area contributed by atoms with Gasteiger partial charge >= 0.3 is 0 Å². The Labute approximate surface area is 130 Å². The summed E-state index contributed by atoms with van der Waals surface area (Å²) in [5, 5.41) is 6.47. The molecule has 0 saturated carbocycles. The summed E-state index contributed by atoms with van der Waals surface area (Å²) in [6, 6.07) is 5.03. The van der Waals surface area contributed by atoms with E-state index in [1.807, 2.05) is 0 Å². The van der Waals surface area contributed by atoms with Gasteiger partial charge in [0.2, 0.25) is 0 Å². The molecule has 0 amide bonds. The van der Waals surface area contributed by atoms with Crippen molar-refractivity contribution in [1.82, 2.24) is 10.6 Å². The fourth-order valence-electron chi connectivity index (χ4n) is 2.43. The minimum atomic E-state index is -0.244. The molecule has 2 rings (SSSR count). The van der Waals surface area contributed by atoms with Gasteiger partial charge in [0.05, 0.1) is 12.7 Å². The lowest BCUT2D eigenvalue weighted by Crippen LogP contribution is -2.40. The molecule has 5 nitrogen and oxygen atoms in total. The first-order valence-corrected chi connectivity index (χ1v) is 7.55.